The molecule has 2 rings (SSSR count). The summed E-state index contributed by atoms with van der Waals surface area (Å²) in [5.74, 6) is -0.470. The third kappa shape index (κ3) is 4.57. The van der Waals surface area contributed by atoms with Crippen molar-refractivity contribution in [3.8, 4) is 0 Å². The van der Waals surface area contributed by atoms with Crippen molar-refractivity contribution in [2.75, 3.05) is 13.7 Å². The maximum absolute atomic E-state index is 12.8. The summed E-state index contributed by atoms with van der Waals surface area (Å²) < 4.78 is 44.2. The maximum atomic E-state index is 12.8. The van der Waals surface area contributed by atoms with Gasteiger partial charge in [-0.3, -0.25) is 0 Å². The zero-order valence-electron chi connectivity index (χ0n) is 11.4. The Balaban J connectivity index is 1.91. The van der Waals surface area contributed by atoms with E-state index in [0.29, 0.717) is 13.0 Å². The van der Waals surface area contributed by atoms with Gasteiger partial charge >= 0.3 is 0 Å². The molecule has 21 heavy (non-hydrogen) atoms. The Labute approximate surface area is 126 Å². The van der Waals surface area contributed by atoms with E-state index in [4.69, 9.17) is 4.74 Å². The van der Waals surface area contributed by atoms with E-state index < -0.39 is 15.8 Å². The number of hydrogen-bond acceptors (Lipinski definition) is 5. The molecule has 0 aliphatic heterocycles. The van der Waals surface area contributed by atoms with Gasteiger partial charge < -0.3 is 4.74 Å². The van der Waals surface area contributed by atoms with Gasteiger partial charge in [0.2, 0.25) is 10.0 Å². The standard InChI is InChI=1S/C13H15FN2O3S2/c1-19-8-13-16-11(9-20-13)6-7-15-21(17,18)12-4-2-10(14)3-5-12/h2-5,9,15H,6-8H2,1H3. The van der Waals surface area contributed by atoms with Crippen LogP contribution >= 0.6 is 11.3 Å². The lowest BCUT2D eigenvalue weighted by Crippen LogP contribution is -2.26. The molecule has 8 heteroatoms. The lowest BCUT2D eigenvalue weighted by Gasteiger charge is -2.05. The summed E-state index contributed by atoms with van der Waals surface area (Å²) in [6.45, 7) is 0.682. The lowest BCUT2D eigenvalue weighted by atomic mass is 10.3. The largest absolute Gasteiger partial charge is 0.378 e. The van der Waals surface area contributed by atoms with Crippen molar-refractivity contribution >= 4 is 21.4 Å². The summed E-state index contributed by atoms with van der Waals surface area (Å²) in [5, 5.41) is 2.73. The molecule has 2 aromatic rings. The minimum Gasteiger partial charge on any atom is -0.378 e. The highest BCUT2D eigenvalue weighted by atomic mass is 32.2. The van der Waals surface area contributed by atoms with Gasteiger partial charge in [-0.2, -0.15) is 0 Å². The second kappa shape index (κ2) is 7.08. The van der Waals surface area contributed by atoms with Gasteiger partial charge in [0.25, 0.3) is 0 Å². The molecule has 0 aliphatic rings. The molecule has 1 aromatic carbocycles. The molecule has 0 aliphatic carbocycles. The summed E-state index contributed by atoms with van der Waals surface area (Å²) in [5.41, 5.74) is 0.814. The molecule has 114 valence electrons. The van der Waals surface area contributed by atoms with Gasteiger partial charge in [-0.1, -0.05) is 0 Å². The number of hydrogen-bond donors (Lipinski definition) is 1. The first-order chi connectivity index (χ1) is 10.0. The van der Waals surface area contributed by atoms with Crippen molar-refractivity contribution in [1.82, 2.24) is 9.71 Å². The third-order valence-electron chi connectivity index (χ3n) is 2.66. The van der Waals surface area contributed by atoms with Crippen LogP contribution in [0, 0.1) is 5.82 Å². The van der Waals surface area contributed by atoms with Crippen LogP contribution in [-0.4, -0.2) is 27.1 Å². The summed E-state index contributed by atoms with van der Waals surface area (Å²) in [4.78, 5) is 4.36. The Hall–Kier alpha value is -1.35. The SMILES string of the molecule is COCc1nc(CCNS(=O)(=O)c2ccc(F)cc2)cs1. The number of nitrogens with zero attached hydrogens (tertiary/aromatic N) is 1. The fourth-order valence-electron chi connectivity index (χ4n) is 1.66. The lowest BCUT2D eigenvalue weighted by molar-refractivity contribution is 0.184. The van der Waals surface area contributed by atoms with Gasteiger partial charge in [0.1, 0.15) is 10.8 Å². The number of nitrogens with one attached hydrogen (secondary N) is 1. The summed E-state index contributed by atoms with van der Waals surface area (Å²) in [6, 6.07) is 4.70. The molecule has 0 radical (unpaired) electrons. The maximum Gasteiger partial charge on any atom is 0.240 e. The predicted octanol–water partition coefficient (Wildman–Crippen LogP) is 1.95. The van der Waals surface area contributed by atoms with Crippen LogP contribution < -0.4 is 4.72 Å². The minimum atomic E-state index is -3.62. The van der Waals surface area contributed by atoms with E-state index in [0.717, 1.165) is 22.8 Å². The fourth-order valence-corrected chi connectivity index (χ4v) is 3.49. The third-order valence-corrected chi connectivity index (χ3v) is 5.01. The van der Waals surface area contributed by atoms with E-state index in [9.17, 15) is 12.8 Å². The summed E-state index contributed by atoms with van der Waals surface area (Å²) in [7, 11) is -2.02. The van der Waals surface area contributed by atoms with Crippen LogP contribution in [0.1, 0.15) is 10.7 Å². The van der Waals surface area contributed by atoms with Crippen molar-refractivity contribution in [1.29, 1.82) is 0 Å². The summed E-state index contributed by atoms with van der Waals surface area (Å²) >= 11 is 1.48. The minimum absolute atomic E-state index is 0.0437. The van der Waals surface area contributed by atoms with Crippen LogP contribution in [0.15, 0.2) is 34.5 Å². The average molecular weight is 330 g/mol. The molecule has 0 spiro atoms. The van der Waals surface area contributed by atoms with Gasteiger partial charge in [0.15, 0.2) is 0 Å². The van der Waals surface area contributed by atoms with Gasteiger partial charge in [-0.05, 0) is 24.3 Å². The van der Waals surface area contributed by atoms with Crippen molar-refractivity contribution in [2.24, 2.45) is 0 Å². The Morgan fingerprint density at radius 3 is 2.71 bits per heavy atom. The molecular weight excluding hydrogens is 315 g/mol. The highest BCUT2D eigenvalue weighted by Crippen LogP contribution is 2.12. The molecule has 0 bridgehead atoms. The molecule has 0 unspecified atom stereocenters. The van der Waals surface area contributed by atoms with Gasteiger partial charge in [0.05, 0.1) is 17.2 Å². The van der Waals surface area contributed by atoms with Crippen LogP contribution in [0.25, 0.3) is 0 Å². The van der Waals surface area contributed by atoms with Gasteiger partial charge in [-0.25, -0.2) is 22.5 Å². The van der Waals surface area contributed by atoms with Crippen molar-refractivity contribution in [3.63, 3.8) is 0 Å². The molecule has 0 saturated carbocycles. The van der Waals surface area contributed by atoms with Crippen LogP contribution in [0.2, 0.25) is 0 Å². The second-order valence-electron chi connectivity index (χ2n) is 4.27. The van der Waals surface area contributed by atoms with Crippen LogP contribution in [0.4, 0.5) is 4.39 Å². The van der Waals surface area contributed by atoms with Crippen LogP contribution in [-0.2, 0) is 27.8 Å². The predicted molar refractivity (Wildman–Crippen MR) is 78.1 cm³/mol. The zero-order valence-corrected chi connectivity index (χ0v) is 13.0. The number of halogens is 1. The molecule has 0 atom stereocenters. The Bertz CT molecular complexity index is 684. The van der Waals surface area contributed by atoms with E-state index in [1.165, 1.54) is 23.5 Å². The molecule has 5 nitrogen and oxygen atoms in total. The zero-order chi connectivity index (χ0) is 15.3. The number of rotatable bonds is 7. The van der Waals surface area contributed by atoms with Crippen molar-refractivity contribution in [2.45, 2.75) is 17.9 Å². The molecular formula is C13H15FN2O3S2. The number of sulfonamides is 1. The van der Waals surface area contributed by atoms with E-state index in [1.54, 1.807) is 7.11 Å². The van der Waals surface area contributed by atoms with E-state index in [1.807, 2.05) is 5.38 Å². The monoisotopic (exact) mass is 330 g/mol. The number of benzene rings is 1. The van der Waals surface area contributed by atoms with Gasteiger partial charge in [-0.15, -0.1) is 11.3 Å². The number of thiazole rings is 1. The number of methoxy groups -OCH3 is 1. The molecule has 0 amide bonds. The smallest absolute Gasteiger partial charge is 0.240 e. The normalized spacial score (nSPS) is 11.7. The highest BCUT2D eigenvalue weighted by molar-refractivity contribution is 7.89. The molecule has 0 fully saturated rings. The number of ether oxygens (including phenoxy) is 1. The Kier molecular flexibility index (Phi) is 5.40. The summed E-state index contributed by atoms with van der Waals surface area (Å²) in [6.07, 6.45) is 0.487. The van der Waals surface area contributed by atoms with E-state index >= 15 is 0 Å². The van der Waals surface area contributed by atoms with Crippen LogP contribution in [0.5, 0.6) is 0 Å². The van der Waals surface area contributed by atoms with E-state index in [-0.39, 0.29) is 11.4 Å². The molecule has 1 heterocycles. The first-order valence-corrected chi connectivity index (χ1v) is 8.55. The molecule has 1 N–H and O–H groups in total. The molecule has 0 saturated heterocycles. The topological polar surface area (TPSA) is 68.3 Å². The average Bonchev–Trinajstić information content (AvgIpc) is 2.87. The van der Waals surface area contributed by atoms with Crippen molar-refractivity contribution in [3.05, 3.63) is 46.2 Å². The van der Waals surface area contributed by atoms with Crippen LogP contribution in [0.3, 0.4) is 0 Å². The quantitative estimate of drug-likeness (QED) is 0.842. The van der Waals surface area contributed by atoms with Crippen molar-refractivity contribution < 1.29 is 17.5 Å². The molecule has 1 aromatic heterocycles. The first kappa shape index (κ1) is 16.0. The van der Waals surface area contributed by atoms with E-state index in [2.05, 4.69) is 9.71 Å². The first-order valence-electron chi connectivity index (χ1n) is 6.19. The highest BCUT2D eigenvalue weighted by Gasteiger charge is 2.13. The number of aromatic nitrogens is 1. The second-order valence-corrected chi connectivity index (χ2v) is 6.98. The Morgan fingerprint density at radius 2 is 2.05 bits per heavy atom. The Morgan fingerprint density at radius 1 is 1.33 bits per heavy atom. The van der Waals surface area contributed by atoms with Gasteiger partial charge in [0, 0.05) is 25.5 Å². The fraction of sp³-hybridized carbons (Fsp3) is 0.308.